The van der Waals surface area contributed by atoms with E-state index in [4.69, 9.17) is 0 Å². The van der Waals surface area contributed by atoms with Crippen molar-refractivity contribution in [1.29, 1.82) is 0 Å². The number of aliphatic hydroxyl groups excluding tert-OH is 1. The molecule has 2 amide bonds. The van der Waals surface area contributed by atoms with Crippen molar-refractivity contribution in [2.45, 2.75) is 19.4 Å². The molecule has 2 atom stereocenters. The molecule has 2 rings (SSSR count). The van der Waals surface area contributed by atoms with Crippen molar-refractivity contribution >= 4 is 28.8 Å². The molecule has 0 aliphatic carbocycles. The Morgan fingerprint density at radius 3 is 2.94 bits per heavy atom. The van der Waals surface area contributed by atoms with Crippen LogP contribution in [-0.2, 0) is 9.59 Å². The second kappa shape index (κ2) is 5.49. The molecular formula is C12H16N2O3S. The number of thiophene rings is 1. The first-order valence-corrected chi connectivity index (χ1v) is 6.82. The molecule has 5 nitrogen and oxygen atoms in total. The fourth-order valence-corrected chi connectivity index (χ4v) is 2.62. The van der Waals surface area contributed by atoms with E-state index >= 15 is 0 Å². The molecule has 1 aliphatic heterocycles. The molecule has 1 saturated heterocycles. The predicted molar refractivity (Wildman–Crippen MR) is 69.3 cm³/mol. The number of hydrogen-bond donors (Lipinski definition) is 2. The fraction of sp³-hybridized carbons (Fsp3) is 0.500. The van der Waals surface area contributed by atoms with Crippen molar-refractivity contribution in [3.63, 3.8) is 0 Å². The Bertz CT molecular complexity index is 431. The summed E-state index contributed by atoms with van der Waals surface area (Å²) in [7, 11) is 0. The van der Waals surface area contributed by atoms with Crippen LogP contribution in [0.5, 0.6) is 0 Å². The van der Waals surface area contributed by atoms with Crippen LogP contribution in [0.4, 0.5) is 5.69 Å². The molecule has 0 radical (unpaired) electrons. The minimum atomic E-state index is -0.611. The number of anilines is 1. The first-order chi connectivity index (χ1) is 8.58. The van der Waals surface area contributed by atoms with Crippen molar-refractivity contribution < 1.29 is 14.7 Å². The van der Waals surface area contributed by atoms with Gasteiger partial charge in [0.25, 0.3) is 0 Å². The maximum Gasteiger partial charge on any atom is 0.313 e. The minimum Gasteiger partial charge on any atom is -0.393 e. The largest absolute Gasteiger partial charge is 0.393 e. The first kappa shape index (κ1) is 13.0. The topological polar surface area (TPSA) is 69.6 Å². The zero-order valence-electron chi connectivity index (χ0n) is 10.1. The number of rotatable bonds is 2. The van der Waals surface area contributed by atoms with Gasteiger partial charge in [0.1, 0.15) is 0 Å². The smallest absolute Gasteiger partial charge is 0.313 e. The van der Waals surface area contributed by atoms with Crippen molar-refractivity contribution in [2.75, 3.05) is 18.4 Å². The maximum absolute atomic E-state index is 11.9. The third-order valence-corrected chi connectivity index (χ3v) is 3.85. The quantitative estimate of drug-likeness (QED) is 0.784. The van der Waals surface area contributed by atoms with Crippen LogP contribution in [0.25, 0.3) is 0 Å². The maximum atomic E-state index is 11.9. The van der Waals surface area contributed by atoms with Crippen LogP contribution in [0.3, 0.4) is 0 Å². The van der Waals surface area contributed by atoms with E-state index in [1.807, 2.05) is 5.38 Å². The van der Waals surface area contributed by atoms with E-state index in [2.05, 4.69) is 5.32 Å². The van der Waals surface area contributed by atoms with Crippen LogP contribution in [-0.4, -0.2) is 41.0 Å². The van der Waals surface area contributed by atoms with E-state index < -0.39 is 17.9 Å². The Kier molecular flexibility index (Phi) is 3.98. The van der Waals surface area contributed by atoms with Gasteiger partial charge in [-0.2, -0.15) is 11.3 Å². The van der Waals surface area contributed by atoms with Crippen LogP contribution >= 0.6 is 11.3 Å². The summed E-state index contributed by atoms with van der Waals surface area (Å²) in [5.41, 5.74) is 0.643. The molecular weight excluding hydrogens is 252 g/mol. The Morgan fingerprint density at radius 1 is 1.61 bits per heavy atom. The van der Waals surface area contributed by atoms with E-state index in [1.54, 1.807) is 18.4 Å². The van der Waals surface area contributed by atoms with Crippen LogP contribution in [0.2, 0.25) is 0 Å². The predicted octanol–water partition coefficient (Wildman–Crippen LogP) is 0.916. The highest BCUT2D eigenvalue weighted by Gasteiger charge is 2.32. The second-order valence-corrected chi connectivity index (χ2v) is 5.29. The van der Waals surface area contributed by atoms with E-state index in [1.165, 1.54) is 16.2 Å². The zero-order valence-corrected chi connectivity index (χ0v) is 10.9. The number of nitrogens with one attached hydrogen (secondary N) is 1. The molecule has 0 saturated carbocycles. The Labute approximate surface area is 109 Å². The lowest BCUT2D eigenvalue weighted by Crippen LogP contribution is -2.38. The van der Waals surface area contributed by atoms with Crippen molar-refractivity contribution in [2.24, 2.45) is 5.92 Å². The zero-order chi connectivity index (χ0) is 13.1. The number of amides is 2. The van der Waals surface area contributed by atoms with E-state index in [-0.39, 0.29) is 5.92 Å². The third kappa shape index (κ3) is 2.88. The van der Waals surface area contributed by atoms with E-state index in [9.17, 15) is 14.7 Å². The Morgan fingerprint density at radius 2 is 2.39 bits per heavy atom. The van der Waals surface area contributed by atoms with Gasteiger partial charge in [-0.25, -0.2) is 0 Å². The van der Waals surface area contributed by atoms with Crippen molar-refractivity contribution in [3.8, 4) is 0 Å². The average molecular weight is 268 g/mol. The molecule has 1 aromatic rings. The number of nitrogens with zero attached hydrogens (tertiary/aromatic N) is 1. The van der Waals surface area contributed by atoms with Crippen LogP contribution in [0.1, 0.15) is 13.3 Å². The molecule has 2 heterocycles. The summed E-state index contributed by atoms with van der Waals surface area (Å²) in [6.45, 7) is 2.70. The summed E-state index contributed by atoms with van der Waals surface area (Å²) < 4.78 is 0. The van der Waals surface area contributed by atoms with Gasteiger partial charge in [-0.15, -0.1) is 0 Å². The van der Waals surface area contributed by atoms with Crippen LogP contribution in [0, 0.1) is 5.92 Å². The standard InChI is InChI=1S/C12H16N2O3S/c1-8(15)9-2-4-14(6-9)12(17)11(16)13-10-3-5-18-7-10/h3,5,7-9,15H,2,4,6H2,1H3,(H,13,16). The van der Waals surface area contributed by atoms with Gasteiger partial charge in [-0.1, -0.05) is 0 Å². The second-order valence-electron chi connectivity index (χ2n) is 4.51. The van der Waals surface area contributed by atoms with Crippen LogP contribution in [0.15, 0.2) is 16.8 Å². The molecule has 0 aromatic carbocycles. The van der Waals surface area contributed by atoms with E-state index in [0.717, 1.165) is 6.42 Å². The van der Waals surface area contributed by atoms with Gasteiger partial charge in [0.05, 0.1) is 11.8 Å². The van der Waals surface area contributed by atoms with Gasteiger partial charge in [-0.05, 0) is 24.8 Å². The third-order valence-electron chi connectivity index (χ3n) is 3.17. The molecule has 1 aliphatic rings. The lowest BCUT2D eigenvalue weighted by Gasteiger charge is -2.16. The highest BCUT2D eigenvalue weighted by molar-refractivity contribution is 7.08. The number of aliphatic hydroxyl groups is 1. The lowest BCUT2D eigenvalue weighted by molar-refractivity contribution is -0.142. The van der Waals surface area contributed by atoms with Gasteiger partial charge >= 0.3 is 11.8 Å². The van der Waals surface area contributed by atoms with Gasteiger partial charge < -0.3 is 15.3 Å². The molecule has 6 heteroatoms. The van der Waals surface area contributed by atoms with Crippen LogP contribution < -0.4 is 5.32 Å². The molecule has 0 bridgehead atoms. The monoisotopic (exact) mass is 268 g/mol. The summed E-state index contributed by atoms with van der Waals surface area (Å²) in [6.07, 6.45) is 0.303. The number of hydrogen-bond acceptors (Lipinski definition) is 4. The van der Waals surface area contributed by atoms with E-state index in [0.29, 0.717) is 18.8 Å². The Balaban J connectivity index is 1.90. The summed E-state index contributed by atoms with van der Waals surface area (Å²) in [5.74, 6) is -1.06. The number of carbonyl (C=O) groups excluding carboxylic acids is 2. The summed E-state index contributed by atoms with van der Waals surface area (Å²) in [4.78, 5) is 25.1. The number of carbonyl (C=O) groups is 2. The number of likely N-dealkylation sites (tertiary alicyclic amines) is 1. The molecule has 1 fully saturated rings. The Hall–Kier alpha value is -1.40. The molecule has 1 aromatic heterocycles. The molecule has 2 unspecified atom stereocenters. The highest BCUT2D eigenvalue weighted by Crippen LogP contribution is 2.20. The van der Waals surface area contributed by atoms with Gasteiger partial charge in [0.15, 0.2) is 0 Å². The molecule has 98 valence electrons. The highest BCUT2D eigenvalue weighted by atomic mass is 32.1. The SMILES string of the molecule is CC(O)C1CCN(C(=O)C(=O)Nc2ccsc2)C1. The molecule has 18 heavy (non-hydrogen) atoms. The summed E-state index contributed by atoms with van der Waals surface area (Å²) >= 11 is 1.46. The van der Waals surface area contributed by atoms with Crippen molar-refractivity contribution in [1.82, 2.24) is 4.90 Å². The minimum absolute atomic E-state index is 0.0721. The van der Waals surface area contributed by atoms with Gasteiger partial charge in [0, 0.05) is 24.4 Å². The van der Waals surface area contributed by atoms with Gasteiger partial charge in [0.2, 0.25) is 0 Å². The molecule has 2 N–H and O–H groups in total. The van der Waals surface area contributed by atoms with Gasteiger partial charge in [-0.3, -0.25) is 9.59 Å². The first-order valence-electron chi connectivity index (χ1n) is 5.88. The molecule has 0 spiro atoms. The lowest BCUT2D eigenvalue weighted by atomic mass is 10.0. The normalized spacial score (nSPS) is 20.8. The fourth-order valence-electron chi connectivity index (χ4n) is 2.03. The summed E-state index contributed by atoms with van der Waals surface area (Å²) in [5, 5.41) is 15.6. The van der Waals surface area contributed by atoms with Crippen molar-refractivity contribution in [3.05, 3.63) is 16.8 Å². The average Bonchev–Trinajstić information content (AvgIpc) is 2.98. The summed E-state index contributed by atoms with van der Waals surface area (Å²) in [6, 6.07) is 1.75.